The van der Waals surface area contributed by atoms with Crippen molar-refractivity contribution in [3.8, 4) is 0 Å². The summed E-state index contributed by atoms with van der Waals surface area (Å²) in [6.07, 6.45) is 1.81. The van der Waals surface area contributed by atoms with Gasteiger partial charge in [-0.1, -0.05) is 0 Å². The van der Waals surface area contributed by atoms with E-state index in [0.717, 1.165) is 6.26 Å². The number of esters is 2. The van der Waals surface area contributed by atoms with Crippen LogP contribution in [-0.2, 0) is 33.4 Å². The molecule has 0 aliphatic rings. The summed E-state index contributed by atoms with van der Waals surface area (Å²) in [7, 11) is -1.92. The molecule has 27 heavy (non-hydrogen) atoms. The van der Waals surface area contributed by atoms with Gasteiger partial charge in [-0.15, -0.1) is 0 Å². The zero-order chi connectivity index (χ0) is 21.5. The van der Waals surface area contributed by atoms with E-state index < -0.39 is 45.2 Å². The summed E-state index contributed by atoms with van der Waals surface area (Å²) in [6.45, 7) is 10.6. The highest BCUT2D eigenvalue weighted by Gasteiger charge is 2.32. The van der Waals surface area contributed by atoms with Crippen molar-refractivity contribution in [1.29, 1.82) is 0 Å². The monoisotopic (exact) mass is 409 g/mol. The van der Waals surface area contributed by atoms with E-state index in [0.29, 0.717) is 12.8 Å². The molecule has 0 saturated heterocycles. The van der Waals surface area contributed by atoms with Crippen LogP contribution < -0.4 is 5.32 Å². The van der Waals surface area contributed by atoms with Crippen molar-refractivity contribution < 1.29 is 31.7 Å². The van der Waals surface area contributed by atoms with E-state index in [1.54, 1.807) is 48.6 Å². The Balaban J connectivity index is 5.08. The predicted octanol–water partition coefficient (Wildman–Crippen LogP) is 2.02. The Kier molecular flexibility index (Phi) is 9.92. The van der Waals surface area contributed by atoms with Gasteiger partial charge in [0.2, 0.25) is 0 Å². The minimum atomic E-state index is -3.54. The van der Waals surface area contributed by atoms with Crippen molar-refractivity contribution in [2.45, 2.75) is 78.0 Å². The largest absolute Gasteiger partial charge is 0.460 e. The molecule has 0 spiro atoms. The molecule has 0 amide bonds. The molecule has 0 aromatic heterocycles. The zero-order valence-corrected chi connectivity index (χ0v) is 18.6. The molecule has 0 rings (SSSR count). The summed E-state index contributed by atoms with van der Waals surface area (Å²) in [5.41, 5.74) is -1.31. The van der Waals surface area contributed by atoms with Crippen molar-refractivity contribution in [2.24, 2.45) is 5.92 Å². The third-order valence-electron chi connectivity index (χ3n) is 3.29. The Morgan fingerprint density at radius 2 is 1.44 bits per heavy atom. The molecular weight excluding hydrogens is 374 g/mol. The second-order valence-electron chi connectivity index (χ2n) is 8.51. The van der Waals surface area contributed by atoms with Gasteiger partial charge in [0.25, 0.3) is 10.1 Å². The first-order valence-electron chi connectivity index (χ1n) is 9.01. The van der Waals surface area contributed by atoms with E-state index in [4.69, 9.17) is 13.7 Å². The van der Waals surface area contributed by atoms with Gasteiger partial charge in [-0.25, -0.2) is 0 Å². The molecule has 0 radical (unpaired) electrons. The Bertz CT molecular complexity index is 588. The average Bonchev–Trinajstić information content (AvgIpc) is 2.41. The molecule has 0 aromatic rings. The van der Waals surface area contributed by atoms with Gasteiger partial charge >= 0.3 is 11.9 Å². The van der Waals surface area contributed by atoms with Gasteiger partial charge < -0.3 is 14.8 Å². The first-order valence-corrected chi connectivity index (χ1v) is 10.8. The fourth-order valence-electron chi connectivity index (χ4n) is 2.25. The summed E-state index contributed by atoms with van der Waals surface area (Å²) in [5.74, 6) is -1.49. The van der Waals surface area contributed by atoms with Crippen LogP contribution in [0.3, 0.4) is 0 Å². The van der Waals surface area contributed by atoms with Gasteiger partial charge in [-0.2, -0.15) is 8.42 Å². The van der Waals surface area contributed by atoms with Crippen LogP contribution in [-0.4, -0.2) is 57.5 Å². The van der Waals surface area contributed by atoms with Crippen LogP contribution in [0.2, 0.25) is 0 Å². The summed E-state index contributed by atoms with van der Waals surface area (Å²) in [4.78, 5) is 24.9. The molecule has 0 aromatic carbocycles. The Morgan fingerprint density at radius 3 is 1.85 bits per heavy atom. The lowest BCUT2D eigenvalue weighted by Crippen LogP contribution is -2.42. The van der Waals surface area contributed by atoms with E-state index >= 15 is 0 Å². The SMILES string of the molecule is CN[C@@H](C[C@@H](CCCOS(C)(=O)=O)C(=O)OC(C)(C)C)C(=O)OC(C)(C)C. The van der Waals surface area contributed by atoms with Crippen LogP contribution in [0.4, 0.5) is 0 Å². The number of likely N-dealkylation sites (N-methyl/N-ethyl adjacent to an activating group) is 1. The van der Waals surface area contributed by atoms with Crippen molar-refractivity contribution in [1.82, 2.24) is 5.32 Å². The molecule has 2 atom stereocenters. The molecule has 0 unspecified atom stereocenters. The third-order valence-corrected chi connectivity index (χ3v) is 3.89. The van der Waals surface area contributed by atoms with Crippen LogP contribution in [0.25, 0.3) is 0 Å². The first-order chi connectivity index (χ1) is 12.0. The highest BCUT2D eigenvalue weighted by Crippen LogP contribution is 2.21. The van der Waals surface area contributed by atoms with Crippen LogP contribution in [0.1, 0.15) is 60.8 Å². The first kappa shape index (κ1) is 25.8. The lowest BCUT2D eigenvalue weighted by Gasteiger charge is -2.28. The van der Waals surface area contributed by atoms with Gasteiger partial charge in [-0.3, -0.25) is 13.8 Å². The Hall–Kier alpha value is -1.19. The van der Waals surface area contributed by atoms with Crippen molar-refractivity contribution in [3.05, 3.63) is 0 Å². The van der Waals surface area contributed by atoms with Crippen LogP contribution in [0.5, 0.6) is 0 Å². The summed E-state index contributed by atoms with van der Waals surface area (Å²) in [5, 5.41) is 2.88. The minimum Gasteiger partial charge on any atom is -0.460 e. The van der Waals surface area contributed by atoms with E-state index in [2.05, 4.69) is 5.32 Å². The lowest BCUT2D eigenvalue weighted by atomic mass is 9.94. The molecule has 0 bridgehead atoms. The number of carbonyl (C=O) groups is 2. The smallest absolute Gasteiger partial charge is 0.323 e. The second kappa shape index (κ2) is 10.4. The van der Waals surface area contributed by atoms with Crippen LogP contribution >= 0.6 is 0 Å². The third kappa shape index (κ3) is 13.6. The Labute approximate surface area is 163 Å². The highest BCUT2D eigenvalue weighted by molar-refractivity contribution is 7.85. The number of hydrogen-bond donors (Lipinski definition) is 1. The number of rotatable bonds is 10. The van der Waals surface area contributed by atoms with Gasteiger partial charge in [0.1, 0.15) is 17.2 Å². The standard InChI is InChI=1S/C18H35NO7S/c1-17(2,3)25-15(20)13(10-9-11-24-27(8,22)23)12-14(19-7)16(21)26-18(4,5)6/h13-14,19H,9-12H2,1-8H3/t13-,14+/m1/s1. The highest BCUT2D eigenvalue weighted by atomic mass is 32.2. The predicted molar refractivity (Wildman–Crippen MR) is 103 cm³/mol. The maximum Gasteiger partial charge on any atom is 0.323 e. The molecule has 0 heterocycles. The summed E-state index contributed by atoms with van der Waals surface area (Å²) in [6, 6.07) is -0.683. The molecule has 0 aliphatic carbocycles. The molecule has 1 N–H and O–H groups in total. The normalized spacial score (nSPS) is 15.1. The van der Waals surface area contributed by atoms with E-state index in [-0.39, 0.29) is 13.0 Å². The molecule has 9 heteroatoms. The maximum atomic E-state index is 12.5. The van der Waals surface area contributed by atoms with Gasteiger partial charge in [0, 0.05) is 0 Å². The van der Waals surface area contributed by atoms with E-state index in [9.17, 15) is 18.0 Å². The van der Waals surface area contributed by atoms with Gasteiger partial charge in [-0.05, 0) is 67.9 Å². The number of nitrogens with one attached hydrogen (secondary N) is 1. The molecule has 160 valence electrons. The van der Waals surface area contributed by atoms with Crippen molar-refractivity contribution in [2.75, 3.05) is 19.9 Å². The molecule has 0 fully saturated rings. The number of hydrogen-bond acceptors (Lipinski definition) is 8. The summed E-state index contributed by atoms with van der Waals surface area (Å²) >= 11 is 0. The Morgan fingerprint density at radius 1 is 0.963 bits per heavy atom. The average molecular weight is 410 g/mol. The molecule has 8 nitrogen and oxygen atoms in total. The molecule has 0 aliphatic heterocycles. The fraction of sp³-hybridized carbons (Fsp3) is 0.889. The molecule has 0 saturated carbocycles. The topological polar surface area (TPSA) is 108 Å². The molecular formula is C18H35NO7S. The zero-order valence-electron chi connectivity index (χ0n) is 17.7. The second-order valence-corrected chi connectivity index (χ2v) is 10.2. The van der Waals surface area contributed by atoms with E-state index in [1.165, 1.54) is 0 Å². The summed E-state index contributed by atoms with van der Waals surface area (Å²) < 4.78 is 37.7. The lowest BCUT2D eigenvalue weighted by molar-refractivity contribution is -0.162. The van der Waals surface area contributed by atoms with Crippen LogP contribution in [0, 0.1) is 5.92 Å². The van der Waals surface area contributed by atoms with Crippen LogP contribution in [0.15, 0.2) is 0 Å². The quantitative estimate of drug-likeness (QED) is 0.332. The van der Waals surface area contributed by atoms with Gasteiger partial charge in [0.05, 0.1) is 18.8 Å². The van der Waals surface area contributed by atoms with E-state index in [1.807, 2.05) is 0 Å². The number of carbonyl (C=O) groups excluding carboxylic acids is 2. The fourth-order valence-corrected chi connectivity index (χ4v) is 2.67. The number of ether oxygens (including phenoxy) is 2. The van der Waals surface area contributed by atoms with Gasteiger partial charge in [0.15, 0.2) is 0 Å². The maximum absolute atomic E-state index is 12.5. The van der Waals surface area contributed by atoms with Crippen molar-refractivity contribution >= 4 is 22.1 Å². The minimum absolute atomic E-state index is 0.0329. The van der Waals surface area contributed by atoms with Crippen molar-refractivity contribution in [3.63, 3.8) is 0 Å².